The molecule has 0 aliphatic rings. The molecule has 1 N–H and O–H groups in total. The van der Waals surface area contributed by atoms with Gasteiger partial charge in [0.2, 0.25) is 0 Å². The molecule has 2 unspecified atom stereocenters. The normalized spacial score (nSPS) is 16.7. The number of hydrogen-bond donors (Lipinski definition) is 1. The van der Waals surface area contributed by atoms with E-state index in [1.807, 2.05) is 0 Å². The highest BCUT2D eigenvalue weighted by molar-refractivity contribution is 4.75. The first-order chi connectivity index (χ1) is 6.46. The Bertz CT molecular complexity index is 140. The highest BCUT2D eigenvalue weighted by Gasteiger charge is 2.19. The third-order valence-electron chi connectivity index (χ3n) is 3.79. The molecule has 0 bridgehead atoms. The van der Waals surface area contributed by atoms with Crippen LogP contribution in [0.5, 0.6) is 0 Å². The molecule has 0 radical (unpaired) electrons. The van der Waals surface area contributed by atoms with Crippen molar-refractivity contribution in [1.82, 2.24) is 5.32 Å². The van der Waals surface area contributed by atoms with Crippen molar-refractivity contribution in [1.29, 1.82) is 0 Å². The molecule has 1 nitrogen and oxygen atoms in total. The molecule has 0 saturated carbocycles. The van der Waals surface area contributed by atoms with Crippen LogP contribution in [0.2, 0.25) is 0 Å². The van der Waals surface area contributed by atoms with E-state index in [0.717, 1.165) is 5.92 Å². The standard InChI is InChI=1S/C13H29N/c1-7-11(3)12(14-6)9-10-13(4,5)8-2/h11-12,14H,7-10H2,1-6H3. The van der Waals surface area contributed by atoms with Crippen molar-refractivity contribution >= 4 is 0 Å². The quantitative estimate of drug-likeness (QED) is 0.657. The zero-order valence-corrected chi connectivity index (χ0v) is 11.0. The Kier molecular flexibility index (Phi) is 6.43. The van der Waals surface area contributed by atoms with Crippen LogP contribution in [0, 0.1) is 11.3 Å². The van der Waals surface area contributed by atoms with Crippen LogP contribution in [0.25, 0.3) is 0 Å². The zero-order chi connectivity index (χ0) is 11.2. The van der Waals surface area contributed by atoms with Gasteiger partial charge < -0.3 is 5.32 Å². The first-order valence-electron chi connectivity index (χ1n) is 6.14. The van der Waals surface area contributed by atoms with Crippen molar-refractivity contribution in [3.05, 3.63) is 0 Å². The third-order valence-corrected chi connectivity index (χ3v) is 3.79. The van der Waals surface area contributed by atoms with Crippen molar-refractivity contribution in [3.63, 3.8) is 0 Å². The predicted octanol–water partition coefficient (Wildman–Crippen LogP) is 3.84. The molecule has 0 saturated heterocycles. The van der Waals surface area contributed by atoms with Gasteiger partial charge in [0, 0.05) is 6.04 Å². The van der Waals surface area contributed by atoms with Gasteiger partial charge in [0.25, 0.3) is 0 Å². The molecule has 0 rings (SSSR count). The molecule has 14 heavy (non-hydrogen) atoms. The van der Waals surface area contributed by atoms with Gasteiger partial charge in [0.1, 0.15) is 0 Å². The maximum absolute atomic E-state index is 3.45. The van der Waals surface area contributed by atoms with Gasteiger partial charge >= 0.3 is 0 Å². The van der Waals surface area contributed by atoms with E-state index in [1.54, 1.807) is 0 Å². The molecule has 0 aromatic rings. The van der Waals surface area contributed by atoms with Crippen LogP contribution in [0.1, 0.15) is 60.3 Å². The fraction of sp³-hybridized carbons (Fsp3) is 1.00. The largest absolute Gasteiger partial charge is 0.317 e. The molecule has 86 valence electrons. The van der Waals surface area contributed by atoms with E-state index in [0.29, 0.717) is 11.5 Å². The summed E-state index contributed by atoms with van der Waals surface area (Å²) in [6, 6.07) is 0.700. The van der Waals surface area contributed by atoms with Crippen molar-refractivity contribution in [2.45, 2.75) is 66.3 Å². The molecular weight excluding hydrogens is 170 g/mol. The van der Waals surface area contributed by atoms with Crippen LogP contribution in [0.15, 0.2) is 0 Å². The van der Waals surface area contributed by atoms with Crippen molar-refractivity contribution in [2.75, 3.05) is 7.05 Å². The third kappa shape index (κ3) is 4.99. The minimum atomic E-state index is 0.516. The Balaban J connectivity index is 3.95. The Labute approximate surface area is 90.7 Å². The summed E-state index contributed by atoms with van der Waals surface area (Å²) in [4.78, 5) is 0. The molecule has 0 spiro atoms. The van der Waals surface area contributed by atoms with Crippen molar-refractivity contribution in [3.8, 4) is 0 Å². The van der Waals surface area contributed by atoms with Gasteiger partial charge in [0.15, 0.2) is 0 Å². The summed E-state index contributed by atoms with van der Waals surface area (Å²) in [6.07, 6.45) is 5.20. The molecular formula is C13H29N. The van der Waals surface area contributed by atoms with E-state index in [1.165, 1.54) is 25.7 Å². The zero-order valence-electron chi connectivity index (χ0n) is 11.0. The van der Waals surface area contributed by atoms with Crippen LogP contribution in [-0.4, -0.2) is 13.1 Å². The van der Waals surface area contributed by atoms with E-state index in [9.17, 15) is 0 Å². The highest BCUT2D eigenvalue weighted by atomic mass is 14.9. The van der Waals surface area contributed by atoms with E-state index in [2.05, 4.69) is 47.0 Å². The van der Waals surface area contributed by atoms with Gasteiger partial charge in [-0.3, -0.25) is 0 Å². The highest BCUT2D eigenvalue weighted by Crippen LogP contribution is 2.28. The summed E-state index contributed by atoms with van der Waals surface area (Å²) in [5.41, 5.74) is 0.516. The first kappa shape index (κ1) is 14.0. The Morgan fingerprint density at radius 3 is 2.14 bits per heavy atom. The van der Waals surface area contributed by atoms with Gasteiger partial charge in [-0.25, -0.2) is 0 Å². The second-order valence-electron chi connectivity index (χ2n) is 5.34. The lowest BCUT2D eigenvalue weighted by molar-refractivity contribution is 0.265. The first-order valence-corrected chi connectivity index (χ1v) is 6.14. The fourth-order valence-electron chi connectivity index (χ4n) is 1.72. The molecule has 0 heterocycles. The fourth-order valence-corrected chi connectivity index (χ4v) is 1.72. The summed E-state index contributed by atoms with van der Waals surface area (Å²) in [7, 11) is 2.09. The van der Waals surface area contributed by atoms with Gasteiger partial charge in [-0.15, -0.1) is 0 Å². The van der Waals surface area contributed by atoms with E-state index in [-0.39, 0.29) is 0 Å². The Morgan fingerprint density at radius 1 is 1.21 bits per heavy atom. The Hall–Kier alpha value is -0.0400. The molecule has 0 aliphatic carbocycles. The van der Waals surface area contributed by atoms with E-state index < -0.39 is 0 Å². The number of nitrogens with one attached hydrogen (secondary N) is 1. The summed E-state index contributed by atoms with van der Waals surface area (Å²) in [5, 5.41) is 3.45. The molecule has 0 aliphatic heterocycles. The summed E-state index contributed by atoms with van der Waals surface area (Å²) < 4.78 is 0. The summed E-state index contributed by atoms with van der Waals surface area (Å²) in [6.45, 7) is 11.7. The second kappa shape index (κ2) is 6.44. The smallest absolute Gasteiger partial charge is 0.00897 e. The van der Waals surface area contributed by atoms with Crippen LogP contribution in [0.4, 0.5) is 0 Å². The lowest BCUT2D eigenvalue weighted by atomic mass is 9.82. The van der Waals surface area contributed by atoms with Gasteiger partial charge in [-0.2, -0.15) is 0 Å². The van der Waals surface area contributed by atoms with Crippen molar-refractivity contribution < 1.29 is 0 Å². The molecule has 0 aromatic carbocycles. The lowest BCUT2D eigenvalue weighted by Crippen LogP contribution is -2.33. The van der Waals surface area contributed by atoms with Crippen LogP contribution >= 0.6 is 0 Å². The summed E-state index contributed by atoms with van der Waals surface area (Å²) in [5.74, 6) is 0.799. The van der Waals surface area contributed by atoms with Crippen molar-refractivity contribution in [2.24, 2.45) is 11.3 Å². The lowest BCUT2D eigenvalue weighted by Gasteiger charge is -2.28. The minimum Gasteiger partial charge on any atom is -0.317 e. The van der Waals surface area contributed by atoms with Gasteiger partial charge in [-0.1, -0.05) is 47.5 Å². The molecule has 2 atom stereocenters. The van der Waals surface area contributed by atoms with Crippen LogP contribution in [0.3, 0.4) is 0 Å². The summed E-state index contributed by atoms with van der Waals surface area (Å²) >= 11 is 0. The number of rotatable bonds is 7. The topological polar surface area (TPSA) is 12.0 Å². The maximum atomic E-state index is 3.45. The monoisotopic (exact) mass is 199 g/mol. The minimum absolute atomic E-state index is 0.516. The van der Waals surface area contributed by atoms with Crippen LogP contribution < -0.4 is 5.32 Å². The van der Waals surface area contributed by atoms with Gasteiger partial charge in [-0.05, 0) is 31.2 Å². The second-order valence-corrected chi connectivity index (χ2v) is 5.34. The maximum Gasteiger partial charge on any atom is 0.00897 e. The Morgan fingerprint density at radius 2 is 1.79 bits per heavy atom. The molecule has 0 amide bonds. The average Bonchev–Trinajstić information content (AvgIpc) is 2.18. The van der Waals surface area contributed by atoms with Crippen LogP contribution in [-0.2, 0) is 0 Å². The molecule has 0 fully saturated rings. The molecule has 0 aromatic heterocycles. The van der Waals surface area contributed by atoms with E-state index >= 15 is 0 Å². The van der Waals surface area contributed by atoms with E-state index in [4.69, 9.17) is 0 Å². The SMILES string of the molecule is CCC(C)C(CCC(C)(C)CC)NC. The number of hydrogen-bond acceptors (Lipinski definition) is 1. The predicted molar refractivity (Wildman–Crippen MR) is 65.6 cm³/mol. The van der Waals surface area contributed by atoms with Gasteiger partial charge in [0.05, 0.1) is 0 Å². The molecule has 1 heteroatoms. The average molecular weight is 199 g/mol.